The maximum atomic E-state index is 11.0. The second-order valence-electron chi connectivity index (χ2n) is 3.49. The van der Waals surface area contributed by atoms with Crippen molar-refractivity contribution in [1.29, 1.82) is 0 Å². The van der Waals surface area contributed by atoms with Crippen LogP contribution in [-0.2, 0) is 9.59 Å². The number of nitrogens with zero attached hydrogens (tertiary/aromatic N) is 2. The molecule has 74 valence electrons. The summed E-state index contributed by atoms with van der Waals surface area (Å²) in [6.45, 7) is 1.54. The van der Waals surface area contributed by atoms with Crippen LogP contribution in [0.2, 0.25) is 0 Å². The molecule has 0 unspecified atom stereocenters. The standard InChI is InChI=1S/C9H11N3O2/c10-6-1-2-12(5-6)7-3-8(13)9(14)11-4-7/h3-4,6H,1-2,5,10H2/t6-/m0/s1. The number of hydrogen-bond acceptors (Lipinski definition) is 4. The molecule has 0 radical (unpaired) electrons. The van der Waals surface area contributed by atoms with E-state index in [2.05, 4.69) is 4.99 Å². The SMILES string of the molecule is N[C@H]1CCN(C2=CC(=O)C(=O)N=C2)C1. The van der Waals surface area contributed by atoms with Gasteiger partial charge in [0.05, 0.1) is 11.9 Å². The fourth-order valence-electron chi connectivity index (χ4n) is 1.62. The normalized spacial score (nSPS) is 27.1. The van der Waals surface area contributed by atoms with E-state index < -0.39 is 11.7 Å². The summed E-state index contributed by atoms with van der Waals surface area (Å²) in [6.07, 6.45) is 3.67. The molecule has 2 aliphatic heterocycles. The zero-order valence-electron chi connectivity index (χ0n) is 7.64. The molecule has 0 spiro atoms. The van der Waals surface area contributed by atoms with E-state index in [1.54, 1.807) is 0 Å². The average Bonchev–Trinajstić information content (AvgIpc) is 2.57. The molecule has 0 aromatic heterocycles. The first kappa shape index (κ1) is 9.08. The van der Waals surface area contributed by atoms with E-state index in [9.17, 15) is 9.59 Å². The molecule has 2 heterocycles. The molecule has 5 nitrogen and oxygen atoms in total. The van der Waals surface area contributed by atoms with Crippen molar-refractivity contribution < 1.29 is 9.59 Å². The van der Waals surface area contributed by atoms with Crippen LogP contribution in [-0.4, -0.2) is 41.9 Å². The number of carbonyl (C=O) groups is 2. The summed E-state index contributed by atoms with van der Waals surface area (Å²) in [5.74, 6) is -1.25. The summed E-state index contributed by atoms with van der Waals surface area (Å²) >= 11 is 0. The third-order valence-electron chi connectivity index (χ3n) is 2.39. The van der Waals surface area contributed by atoms with Crippen LogP contribution in [0.5, 0.6) is 0 Å². The predicted molar refractivity (Wildman–Crippen MR) is 50.8 cm³/mol. The van der Waals surface area contributed by atoms with Crippen LogP contribution < -0.4 is 5.73 Å². The zero-order valence-corrected chi connectivity index (χ0v) is 7.64. The van der Waals surface area contributed by atoms with Crippen molar-refractivity contribution >= 4 is 17.9 Å². The Balaban J connectivity index is 2.13. The predicted octanol–water partition coefficient (Wildman–Crippen LogP) is -0.917. The molecule has 14 heavy (non-hydrogen) atoms. The number of hydrogen-bond donors (Lipinski definition) is 1. The minimum atomic E-state index is -0.697. The minimum absolute atomic E-state index is 0.150. The van der Waals surface area contributed by atoms with E-state index in [0.717, 1.165) is 19.5 Å². The highest BCUT2D eigenvalue weighted by molar-refractivity contribution is 6.44. The Morgan fingerprint density at radius 3 is 2.86 bits per heavy atom. The Morgan fingerprint density at radius 1 is 1.50 bits per heavy atom. The third-order valence-corrected chi connectivity index (χ3v) is 2.39. The Hall–Kier alpha value is -1.49. The quantitative estimate of drug-likeness (QED) is 0.547. The van der Waals surface area contributed by atoms with Crippen molar-refractivity contribution in [3.05, 3.63) is 11.8 Å². The molecule has 0 aromatic rings. The summed E-state index contributed by atoms with van der Waals surface area (Å²) in [5, 5.41) is 0. The maximum Gasteiger partial charge on any atom is 0.317 e. The fraction of sp³-hybridized carbons (Fsp3) is 0.444. The molecule has 0 aliphatic carbocycles. The van der Waals surface area contributed by atoms with Crippen LogP contribution in [0.4, 0.5) is 0 Å². The van der Waals surface area contributed by atoms with E-state index in [1.807, 2.05) is 4.90 Å². The number of nitrogens with two attached hydrogens (primary N) is 1. The molecule has 5 heteroatoms. The third kappa shape index (κ3) is 1.58. The van der Waals surface area contributed by atoms with Gasteiger partial charge in [0.15, 0.2) is 0 Å². The van der Waals surface area contributed by atoms with Crippen LogP contribution in [0, 0.1) is 0 Å². The van der Waals surface area contributed by atoms with Gasteiger partial charge in [-0.05, 0) is 6.42 Å². The second-order valence-corrected chi connectivity index (χ2v) is 3.49. The molecular formula is C9H11N3O2. The van der Waals surface area contributed by atoms with Crippen LogP contribution in [0.25, 0.3) is 0 Å². The highest BCUT2D eigenvalue weighted by Gasteiger charge is 2.24. The van der Waals surface area contributed by atoms with Gasteiger partial charge in [-0.15, -0.1) is 0 Å². The van der Waals surface area contributed by atoms with Crippen molar-refractivity contribution in [3.63, 3.8) is 0 Å². The van der Waals surface area contributed by atoms with E-state index in [4.69, 9.17) is 5.73 Å². The van der Waals surface area contributed by atoms with Crippen LogP contribution in [0.3, 0.4) is 0 Å². The molecule has 2 N–H and O–H groups in total. The summed E-state index contributed by atoms with van der Waals surface area (Å²) in [4.78, 5) is 27.3. The van der Waals surface area contributed by atoms with Crippen LogP contribution >= 0.6 is 0 Å². The number of allylic oxidation sites excluding steroid dienone is 1. The number of dihydropyridines is 1. The first-order valence-corrected chi connectivity index (χ1v) is 4.51. The lowest BCUT2D eigenvalue weighted by molar-refractivity contribution is -0.133. The smallest absolute Gasteiger partial charge is 0.317 e. The van der Waals surface area contributed by atoms with Crippen molar-refractivity contribution in [2.45, 2.75) is 12.5 Å². The Bertz CT molecular complexity index is 346. The second kappa shape index (κ2) is 3.34. The van der Waals surface area contributed by atoms with E-state index >= 15 is 0 Å². The van der Waals surface area contributed by atoms with Crippen LogP contribution in [0.15, 0.2) is 16.8 Å². The molecular weight excluding hydrogens is 182 g/mol. The highest BCUT2D eigenvalue weighted by Crippen LogP contribution is 2.14. The van der Waals surface area contributed by atoms with E-state index in [0.29, 0.717) is 5.70 Å². The molecule has 1 atom stereocenters. The average molecular weight is 193 g/mol. The maximum absolute atomic E-state index is 11.0. The summed E-state index contributed by atoms with van der Waals surface area (Å²) < 4.78 is 0. The molecule has 1 saturated heterocycles. The number of rotatable bonds is 1. The number of ketones is 1. The first-order valence-electron chi connectivity index (χ1n) is 4.51. The van der Waals surface area contributed by atoms with Gasteiger partial charge in [-0.3, -0.25) is 9.59 Å². The van der Waals surface area contributed by atoms with Gasteiger partial charge < -0.3 is 10.6 Å². The Labute approximate surface area is 81.3 Å². The molecule has 1 amide bonds. The zero-order chi connectivity index (χ0) is 10.1. The monoisotopic (exact) mass is 193 g/mol. The molecule has 0 saturated carbocycles. The van der Waals surface area contributed by atoms with Gasteiger partial charge in [0.1, 0.15) is 0 Å². The van der Waals surface area contributed by atoms with Gasteiger partial charge >= 0.3 is 5.91 Å². The van der Waals surface area contributed by atoms with E-state index in [-0.39, 0.29) is 6.04 Å². The fourth-order valence-corrected chi connectivity index (χ4v) is 1.62. The summed E-state index contributed by atoms with van der Waals surface area (Å²) in [6, 6.07) is 0.150. The Kier molecular flexibility index (Phi) is 2.17. The molecule has 2 aliphatic rings. The first-order chi connectivity index (χ1) is 6.66. The lowest BCUT2D eigenvalue weighted by Crippen LogP contribution is -2.29. The van der Waals surface area contributed by atoms with Crippen molar-refractivity contribution in [2.75, 3.05) is 13.1 Å². The minimum Gasteiger partial charge on any atom is -0.369 e. The largest absolute Gasteiger partial charge is 0.369 e. The lowest BCUT2D eigenvalue weighted by Gasteiger charge is -2.19. The van der Waals surface area contributed by atoms with Crippen LogP contribution in [0.1, 0.15) is 6.42 Å². The van der Waals surface area contributed by atoms with Crippen molar-refractivity contribution in [2.24, 2.45) is 10.7 Å². The van der Waals surface area contributed by atoms with Gasteiger partial charge in [-0.1, -0.05) is 0 Å². The summed E-state index contributed by atoms with van der Waals surface area (Å²) in [7, 11) is 0. The molecule has 0 bridgehead atoms. The number of amides is 1. The number of likely N-dealkylation sites (tertiary alicyclic amines) is 1. The number of carbonyl (C=O) groups excluding carboxylic acids is 2. The topological polar surface area (TPSA) is 75.8 Å². The van der Waals surface area contributed by atoms with E-state index in [1.165, 1.54) is 12.3 Å². The van der Waals surface area contributed by atoms with Gasteiger partial charge in [0.2, 0.25) is 5.78 Å². The Morgan fingerprint density at radius 2 is 2.29 bits per heavy atom. The van der Waals surface area contributed by atoms with Gasteiger partial charge in [-0.2, -0.15) is 0 Å². The van der Waals surface area contributed by atoms with Gasteiger partial charge in [0, 0.05) is 25.2 Å². The summed E-state index contributed by atoms with van der Waals surface area (Å²) in [5.41, 5.74) is 6.43. The molecule has 2 rings (SSSR count). The number of aliphatic imine (C=N–C) groups is 1. The van der Waals surface area contributed by atoms with Crippen molar-refractivity contribution in [3.8, 4) is 0 Å². The highest BCUT2D eigenvalue weighted by atomic mass is 16.2. The van der Waals surface area contributed by atoms with Crippen molar-refractivity contribution in [1.82, 2.24) is 4.90 Å². The van der Waals surface area contributed by atoms with Gasteiger partial charge in [-0.25, -0.2) is 4.99 Å². The van der Waals surface area contributed by atoms with Gasteiger partial charge in [0.25, 0.3) is 0 Å². The molecule has 0 aromatic carbocycles. The molecule has 1 fully saturated rings. The lowest BCUT2D eigenvalue weighted by atomic mass is 10.2.